The molecule has 2 aromatic carbocycles. The number of benzene rings is 2. The van der Waals surface area contributed by atoms with Gasteiger partial charge < -0.3 is 14.8 Å². The van der Waals surface area contributed by atoms with Gasteiger partial charge >= 0.3 is 11.9 Å². The van der Waals surface area contributed by atoms with Crippen LogP contribution < -0.4 is 5.32 Å². The molecule has 0 aliphatic rings. The third kappa shape index (κ3) is 8.37. The number of alkyl halides is 1. The summed E-state index contributed by atoms with van der Waals surface area (Å²) < 4.78 is 10.6. The summed E-state index contributed by atoms with van der Waals surface area (Å²) in [5.41, 5.74) is 2.22. The average molecular weight is 494 g/mol. The highest BCUT2D eigenvalue weighted by Crippen LogP contribution is 2.38. The van der Waals surface area contributed by atoms with Crippen LogP contribution in [0, 0.1) is 0 Å². The van der Waals surface area contributed by atoms with E-state index in [1.807, 2.05) is 24.3 Å². The third-order valence-electron chi connectivity index (χ3n) is 5.05. The van der Waals surface area contributed by atoms with Crippen LogP contribution in [0.15, 0.2) is 48.5 Å². The average Bonchev–Trinajstić information content (AvgIpc) is 2.82. The second-order valence-electron chi connectivity index (χ2n) is 7.42. The number of nitrogens with one attached hydrogen (secondary N) is 1. The van der Waals surface area contributed by atoms with Crippen LogP contribution in [0.5, 0.6) is 0 Å². The van der Waals surface area contributed by atoms with E-state index in [1.165, 1.54) is 0 Å². The van der Waals surface area contributed by atoms with Gasteiger partial charge in [-0.1, -0.05) is 49.2 Å². The van der Waals surface area contributed by atoms with Crippen molar-refractivity contribution in [1.29, 1.82) is 0 Å². The first-order chi connectivity index (χ1) is 15.9. The van der Waals surface area contributed by atoms with Crippen LogP contribution in [0.2, 0.25) is 5.02 Å². The molecule has 1 amide bonds. The number of amides is 1. The molecule has 0 radical (unpaired) electrons. The second kappa shape index (κ2) is 13.9. The van der Waals surface area contributed by atoms with Crippen LogP contribution >= 0.6 is 23.2 Å². The Morgan fingerprint density at radius 2 is 1.58 bits per heavy atom. The van der Waals surface area contributed by atoms with Crippen molar-refractivity contribution < 1.29 is 23.9 Å². The lowest BCUT2D eigenvalue weighted by molar-refractivity contribution is -0.147. The van der Waals surface area contributed by atoms with Crippen molar-refractivity contribution in [2.75, 3.05) is 19.0 Å². The Bertz CT molecular complexity index is 915. The van der Waals surface area contributed by atoms with Crippen LogP contribution in [0.25, 0.3) is 0 Å². The normalized spacial score (nSPS) is 12.5. The number of halogens is 2. The van der Waals surface area contributed by atoms with Crippen molar-refractivity contribution in [3.05, 3.63) is 70.2 Å². The predicted molar refractivity (Wildman–Crippen MR) is 129 cm³/mol. The number of esters is 2. The van der Waals surface area contributed by atoms with Crippen LogP contribution in [0.3, 0.4) is 0 Å². The molecule has 8 heteroatoms. The lowest BCUT2D eigenvalue weighted by Gasteiger charge is -2.28. The number of ether oxygens (including phenoxy) is 2. The molecule has 0 aliphatic carbocycles. The van der Waals surface area contributed by atoms with Gasteiger partial charge in [-0.2, -0.15) is 0 Å². The first-order valence-corrected chi connectivity index (χ1v) is 11.9. The summed E-state index contributed by atoms with van der Waals surface area (Å²) in [6.07, 6.45) is 1.19. The maximum absolute atomic E-state index is 12.4. The first kappa shape index (κ1) is 26.7. The summed E-state index contributed by atoms with van der Waals surface area (Å²) in [7, 11) is 0. The minimum atomic E-state index is -0.544. The van der Waals surface area contributed by atoms with E-state index in [0.29, 0.717) is 17.2 Å². The van der Waals surface area contributed by atoms with E-state index >= 15 is 0 Å². The highest BCUT2D eigenvalue weighted by atomic mass is 35.5. The summed E-state index contributed by atoms with van der Waals surface area (Å²) in [4.78, 5) is 35.9. The van der Waals surface area contributed by atoms with Crippen LogP contribution in [0.4, 0.5) is 0 Å². The number of carbonyl (C=O) groups is 3. The smallest absolute Gasteiger partial charge is 0.321 e. The van der Waals surface area contributed by atoms with E-state index in [0.717, 1.165) is 24.0 Å². The van der Waals surface area contributed by atoms with Gasteiger partial charge in [0.1, 0.15) is 12.0 Å². The lowest BCUT2D eigenvalue weighted by atomic mass is 9.85. The lowest BCUT2D eigenvalue weighted by Crippen LogP contribution is -2.26. The summed E-state index contributed by atoms with van der Waals surface area (Å²) in [5, 5.41) is 3.30. The van der Waals surface area contributed by atoms with E-state index < -0.39 is 12.1 Å². The zero-order chi connectivity index (χ0) is 24.2. The Kier molecular flexibility index (Phi) is 11.2. The maximum atomic E-state index is 12.4. The molecule has 0 aliphatic heterocycles. The molecule has 2 rings (SSSR count). The molecule has 2 aromatic rings. The zero-order valence-electron chi connectivity index (χ0n) is 18.8. The summed E-state index contributed by atoms with van der Waals surface area (Å²) in [6, 6.07) is 14.3. The van der Waals surface area contributed by atoms with Crippen molar-refractivity contribution >= 4 is 41.0 Å². The van der Waals surface area contributed by atoms with E-state index in [-0.39, 0.29) is 36.6 Å². The molecule has 0 bridgehead atoms. The number of carbonyl (C=O) groups excluding carboxylic acids is 3. The Labute approximate surface area is 204 Å². The molecule has 0 fully saturated rings. The predicted octanol–water partition coefficient (Wildman–Crippen LogP) is 5.43. The molecular weight excluding hydrogens is 465 g/mol. The zero-order valence-corrected chi connectivity index (χ0v) is 20.3. The van der Waals surface area contributed by atoms with Crippen molar-refractivity contribution in [2.45, 2.75) is 45.1 Å². The first-order valence-electron chi connectivity index (χ1n) is 10.9. The van der Waals surface area contributed by atoms with Gasteiger partial charge in [0, 0.05) is 23.0 Å². The number of rotatable bonds is 12. The SMILES string of the molecule is CCC[C@H](c1ccc(C(=O)NCCC(=O)OCC)cc1)[C@H](OC(=O)CCl)c1ccc(Cl)cc1. The minimum Gasteiger partial charge on any atom is -0.466 e. The fraction of sp³-hybridized carbons (Fsp3) is 0.400. The van der Waals surface area contributed by atoms with E-state index in [1.54, 1.807) is 31.2 Å². The molecule has 0 saturated carbocycles. The molecule has 6 nitrogen and oxygen atoms in total. The van der Waals surface area contributed by atoms with Crippen molar-refractivity contribution in [3.8, 4) is 0 Å². The summed E-state index contributed by atoms with van der Waals surface area (Å²) >= 11 is 11.7. The molecule has 1 N–H and O–H groups in total. The van der Waals surface area contributed by atoms with Crippen LogP contribution in [-0.2, 0) is 19.1 Å². The van der Waals surface area contributed by atoms with Crippen molar-refractivity contribution in [1.82, 2.24) is 5.32 Å². The molecular formula is C25H29Cl2NO5. The molecule has 33 heavy (non-hydrogen) atoms. The Morgan fingerprint density at radius 1 is 0.939 bits per heavy atom. The maximum Gasteiger partial charge on any atom is 0.321 e. The Hall–Kier alpha value is -2.57. The van der Waals surface area contributed by atoms with E-state index in [9.17, 15) is 14.4 Å². The van der Waals surface area contributed by atoms with Gasteiger partial charge in [-0.25, -0.2) is 0 Å². The van der Waals surface area contributed by atoms with Gasteiger partial charge in [0.2, 0.25) is 0 Å². The van der Waals surface area contributed by atoms with Gasteiger partial charge in [-0.3, -0.25) is 14.4 Å². The van der Waals surface area contributed by atoms with Crippen molar-refractivity contribution in [3.63, 3.8) is 0 Å². The standard InChI is InChI=1S/C25H29Cl2NO5/c1-3-5-21(24(33-23(30)16-26)18-10-12-20(27)13-11-18)17-6-8-19(9-7-17)25(31)28-15-14-22(29)32-4-2/h6-13,21,24H,3-5,14-16H2,1-2H3,(H,28,31)/t21-,24-/m1/s1. The third-order valence-corrected chi connectivity index (χ3v) is 5.52. The molecule has 0 heterocycles. The summed E-state index contributed by atoms with van der Waals surface area (Å²) in [6.45, 7) is 4.30. The highest BCUT2D eigenvalue weighted by molar-refractivity contribution is 6.30. The van der Waals surface area contributed by atoms with Gasteiger partial charge in [-0.15, -0.1) is 11.6 Å². The Morgan fingerprint density at radius 3 is 2.15 bits per heavy atom. The topological polar surface area (TPSA) is 81.7 Å². The van der Waals surface area contributed by atoms with E-state index in [4.69, 9.17) is 32.7 Å². The van der Waals surface area contributed by atoms with Crippen molar-refractivity contribution in [2.24, 2.45) is 0 Å². The van der Waals surface area contributed by atoms with Gasteiger partial charge in [0.15, 0.2) is 0 Å². The number of hydrogen-bond acceptors (Lipinski definition) is 5. The second-order valence-corrected chi connectivity index (χ2v) is 8.13. The van der Waals surface area contributed by atoms with E-state index in [2.05, 4.69) is 12.2 Å². The molecule has 0 unspecified atom stereocenters. The monoisotopic (exact) mass is 493 g/mol. The van der Waals surface area contributed by atoms with Gasteiger partial charge in [-0.05, 0) is 48.7 Å². The summed E-state index contributed by atoms with van der Waals surface area (Å²) in [5.74, 6) is -1.51. The molecule has 0 saturated heterocycles. The molecule has 178 valence electrons. The van der Waals surface area contributed by atoms with Gasteiger partial charge in [0.25, 0.3) is 5.91 Å². The minimum absolute atomic E-state index is 0.116. The van der Waals surface area contributed by atoms with Crippen LogP contribution in [0.1, 0.15) is 66.6 Å². The molecule has 2 atom stereocenters. The molecule has 0 aromatic heterocycles. The fourth-order valence-corrected chi connectivity index (χ4v) is 3.70. The van der Waals surface area contributed by atoms with Gasteiger partial charge in [0.05, 0.1) is 13.0 Å². The quantitative estimate of drug-likeness (QED) is 0.314. The fourth-order valence-electron chi connectivity index (χ4n) is 3.51. The highest BCUT2D eigenvalue weighted by Gasteiger charge is 2.28. The van der Waals surface area contributed by atoms with Crippen LogP contribution in [-0.4, -0.2) is 36.9 Å². The molecule has 0 spiro atoms. The largest absolute Gasteiger partial charge is 0.466 e. The number of hydrogen-bond donors (Lipinski definition) is 1. The Balaban J connectivity index is 2.20.